The number of unbranched alkanes of at least 4 members (excludes halogenated alkanes) is 24. The lowest BCUT2D eigenvalue weighted by Gasteiger charge is -2.21. The van der Waals surface area contributed by atoms with Crippen LogP contribution in [0.4, 0.5) is 0 Å². The van der Waals surface area contributed by atoms with Crippen molar-refractivity contribution < 1.29 is 52.2 Å². The first kappa shape index (κ1) is 79.9. The average Bonchev–Trinajstić information content (AvgIpc) is 3.53. The Kier molecular flexibility index (Phi) is 61.7. The number of ether oxygens (including phenoxy) is 3. The Balaban J connectivity index is 4.77. The highest BCUT2D eigenvalue weighted by atomic mass is 31.2. The van der Waals surface area contributed by atoms with Crippen molar-refractivity contribution in [3.05, 3.63) is 122 Å². The summed E-state index contributed by atoms with van der Waals surface area (Å²) in [4.78, 5) is 48.9. The van der Waals surface area contributed by atoms with Crippen LogP contribution in [0.2, 0.25) is 0 Å². The van der Waals surface area contributed by atoms with E-state index in [4.69, 9.17) is 23.3 Å². The summed E-state index contributed by atoms with van der Waals surface area (Å²) in [5.41, 5.74) is 0. The normalized spacial score (nSPS) is 14.0. The summed E-state index contributed by atoms with van der Waals surface area (Å²) in [7, 11) is -4.78. The van der Waals surface area contributed by atoms with E-state index >= 15 is 0 Å². The summed E-state index contributed by atoms with van der Waals surface area (Å²) >= 11 is 0. The molecule has 0 aromatic heterocycles. The summed E-state index contributed by atoms with van der Waals surface area (Å²) in [6, 6.07) is 0. The van der Waals surface area contributed by atoms with Gasteiger partial charge in [0.1, 0.15) is 12.7 Å². The maximum absolute atomic E-state index is 13.0. The molecule has 0 rings (SSSR count). The molecule has 3 atom stereocenters. The molecule has 84 heavy (non-hydrogen) atoms. The predicted octanol–water partition coefficient (Wildman–Crippen LogP) is 20.7. The fourth-order valence-corrected chi connectivity index (χ4v) is 9.56. The highest BCUT2D eigenvalue weighted by Gasteiger charge is 2.28. The third-order valence-corrected chi connectivity index (χ3v) is 14.8. The molecule has 480 valence electrons. The number of phosphoric acid groups is 1. The summed E-state index contributed by atoms with van der Waals surface area (Å²) in [5, 5.41) is 9.87. The lowest BCUT2D eigenvalue weighted by molar-refractivity contribution is -0.161. The maximum atomic E-state index is 13.0. The zero-order chi connectivity index (χ0) is 61.2. The molecule has 12 heteroatoms. The van der Waals surface area contributed by atoms with Crippen LogP contribution in [-0.2, 0) is 42.2 Å². The van der Waals surface area contributed by atoms with E-state index in [9.17, 15) is 28.9 Å². The second-order valence-corrected chi connectivity index (χ2v) is 23.3. The molecular formula is C72H121O11P. The molecule has 0 spiro atoms. The molecule has 0 aliphatic carbocycles. The van der Waals surface area contributed by atoms with Crippen molar-refractivity contribution in [1.29, 1.82) is 0 Å². The molecule has 3 unspecified atom stereocenters. The SMILES string of the molecule is CC/C=C\C/C=C\C/C=C\C/C=C\C/C=C\CCCCCC(=O)OC(COC(=O)CCCCCCCC/C=C\C/C=C\C/C=C\CCCCC)COP(=O)(O)OCC(CO)OC(=O)CCCCCCCCCCC/C=C\C/C=C\CCCCC. The van der Waals surface area contributed by atoms with Gasteiger partial charge < -0.3 is 24.2 Å². The van der Waals surface area contributed by atoms with E-state index in [1.807, 2.05) is 0 Å². The summed E-state index contributed by atoms with van der Waals surface area (Å²) in [5.74, 6) is -1.52. The summed E-state index contributed by atoms with van der Waals surface area (Å²) < 4.78 is 39.7. The second kappa shape index (κ2) is 64.9. The minimum atomic E-state index is -4.78. The zero-order valence-corrected chi connectivity index (χ0v) is 54.2. The molecule has 2 N–H and O–H groups in total. The van der Waals surface area contributed by atoms with Crippen molar-refractivity contribution in [2.45, 2.75) is 290 Å². The molecule has 0 saturated carbocycles. The molecule has 0 heterocycles. The topological polar surface area (TPSA) is 155 Å². The van der Waals surface area contributed by atoms with Crippen LogP contribution in [0.25, 0.3) is 0 Å². The second-order valence-electron chi connectivity index (χ2n) is 21.9. The average molecular weight is 1190 g/mol. The molecule has 0 fully saturated rings. The number of aliphatic hydroxyl groups excluding tert-OH is 1. The summed E-state index contributed by atoms with van der Waals surface area (Å²) in [6.45, 7) is 4.45. The van der Waals surface area contributed by atoms with Gasteiger partial charge in [-0.15, -0.1) is 0 Å². The molecule has 0 radical (unpaired) electrons. The van der Waals surface area contributed by atoms with Crippen molar-refractivity contribution in [1.82, 2.24) is 0 Å². The number of esters is 3. The maximum Gasteiger partial charge on any atom is 0.472 e. The first-order valence-corrected chi connectivity index (χ1v) is 34.9. The minimum absolute atomic E-state index is 0.120. The van der Waals surface area contributed by atoms with Crippen molar-refractivity contribution in [2.75, 3.05) is 26.4 Å². The van der Waals surface area contributed by atoms with Gasteiger partial charge in [0, 0.05) is 19.3 Å². The molecule has 0 aromatic carbocycles. The van der Waals surface area contributed by atoms with Crippen LogP contribution in [0.1, 0.15) is 278 Å². The van der Waals surface area contributed by atoms with Gasteiger partial charge in [-0.2, -0.15) is 0 Å². The number of carbonyl (C=O) groups is 3. The molecular weight excluding hydrogens is 1070 g/mol. The fraction of sp³-hybridized carbons (Fsp3) is 0.681. The van der Waals surface area contributed by atoms with Crippen molar-refractivity contribution >= 4 is 25.7 Å². The van der Waals surface area contributed by atoms with Crippen molar-refractivity contribution in [3.8, 4) is 0 Å². The standard InChI is InChI=1S/C72H121O11P/c1-4-7-10-13-16-19-22-25-28-31-34-37-40-43-46-49-52-55-58-61-70(74)79-65-69(83-72(76)63-60-57-54-51-48-45-42-39-36-33-30-27-24-21-18-15-12-9-6-3)67-81-84(77,78)80-66-68(64-73)82-71(75)62-59-56-53-50-47-44-41-38-35-32-29-26-23-20-17-14-11-8-5-2/h9,12,16-21,25-30,34,36-37,39,45,48,68-69,73H,4-8,10-11,13-15,22-24,31-33,35,38,40-44,46-47,49-67H2,1-3H3,(H,77,78)/b12-9-,19-16-,20-17-,21-18-,28-25-,29-26-,30-27-,37-34-,39-36-,48-45-. The van der Waals surface area contributed by atoms with E-state index in [0.29, 0.717) is 19.3 Å². The van der Waals surface area contributed by atoms with Gasteiger partial charge in [-0.3, -0.25) is 23.4 Å². The van der Waals surface area contributed by atoms with E-state index in [0.717, 1.165) is 135 Å². The Morgan fingerprint density at radius 1 is 0.345 bits per heavy atom. The highest BCUT2D eigenvalue weighted by Crippen LogP contribution is 2.43. The van der Waals surface area contributed by atoms with Gasteiger partial charge in [0.05, 0.1) is 19.8 Å². The minimum Gasteiger partial charge on any atom is -0.462 e. The molecule has 11 nitrogen and oxygen atoms in total. The zero-order valence-electron chi connectivity index (χ0n) is 53.3. The fourth-order valence-electron chi connectivity index (χ4n) is 8.77. The van der Waals surface area contributed by atoms with Gasteiger partial charge >= 0.3 is 25.7 Å². The van der Waals surface area contributed by atoms with E-state index in [1.54, 1.807) is 0 Å². The van der Waals surface area contributed by atoms with E-state index in [2.05, 4.69) is 142 Å². The molecule has 0 amide bonds. The van der Waals surface area contributed by atoms with Crippen LogP contribution >= 0.6 is 7.82 Å². The summed E-state index contributed by atoms with van der Waals surface area (Å²) in [6.07, 6.45) is 81.4. The Labute approximate surface area is 513 Å². The Morgan fingerprint density at radius 2 is 0.619 bits per heavy atom. The molecule has 0 saturated heterocycles. The monoisotopic (exact) mass is 1190 g/mol. The Hall–Kier alpha value is -4.12. The largest absolute Gasteiger partial charge is 0.472 e. The number of carbonyl (C=O) groups excluding carboxylic acids is 3. The van der Waals surface area contributed by atoms with Gasteiger partial charge in [-0.1, -0.05) is 245 Å². The molecule has 0 bridgehead atoms. The van der Waals surface area contributed by atoms with Gasteiger partial charge in [0.25, 0.3) is 0 Å². The number of aliphatic hydroxyl groups is 1. The molecule has 0 aromatic rings. The third kappa shape index (κ3) is 62.4. The van der Waals surface area contributed by atoms with Gasteiger partial charge in [0.2, 0.25) is 0 Å². The molecule has 0 aliphatic rings. The van der Waals surface area contributed by atoms with Crippen LogP contribution in [0.5, 0.6) is 0 Å². The van der Waals surface area contributed by atoms with Crippen molar-refractivity contribution in [3.63, 3.8) is 0 Å². The van der Waals surface area contributed by atoms with Gasteiger partial charge in [0.15, 0.2) is 6.10 Å². The van der Waals surface area contributed by atoms with E-state index < -0.39 is 57.8 Å². The van der Waals surface area contributed by atoms with Crippen LogP contribution in [-0.4, -0.2) is 66.5 Å². The number of hydrogen-bond acceptors (Lipinski definition) is 10. The predicted molar refractivity (Wildman–Crippen MR) is 353 cm³/mol. The highest BCUT2D eigenvalue weighted by molar-refractivity contribution is 7.47. The first-order chi connectivity index (χ1) is 41.2. The Bertz CT molecular complexity index is 1870. The Morgan fingerprint density at radius 3 is 0.964 bits per heavy atom. The molecule has 0 aliphatic heterocycles. The lowest BCUT2D eigenvalue weighted by Crippen LogP contribution is -2.30. The number of rotatable bonds is 61. The lowest BCUT2D eigenvalue weighted by atomic mass is 10.1. The quantitative estimate of drug-likeness (QED) is 0.0197. The van der Waals surface area contributed by atoms with Gasteiger partial charge in [-0.25, -0.2) is 4.57 Å². The van der Waals surface area contributed by atoms with Crippen molar-refractivity contribution in [2.24, 2.45) is 0 Å². The van der Waals surface area contributed by atoms with Crippen LogP contribution in [0.3, 0.4) is 0 Å². The van der Waals surface area contributed by atoms with E-state index in [-0.39, 0.29) is 25.9 Å². The smallest absolute Gasteiger partial charge is 0.462 e. The number of allylic oxidation sites excluding steroid dienone is 20. The first-order valence-electron chi connectivity index (χ1n) is 33.4. The van der Waals surface area contributed by atoms with E-state index in [1.165, 1.54) is 83.5 Å². The van der Waals surface area contributed by atoms with Crippen LogP contribution in [0, 0.1) is 0 Å². The van der Waals surface area contributed by atoms with Crippen LogP contribution < -0.4 is 0 Å². The van der Waals surface area contributed by atoms with Crippen LogP contribution in [0.15, 0.2) is 122 Å². The number of hydrogen-bond donors (Lipinski definition) is 2. The van der Waals surface area contributed by atoms with Gasteiger partial charge in [-0.05, 0) is 135 Å². The number of phosphoric ester groups is 1. The third-order valence-electron chi connectivity index (χ3n) is 13.8.